The van der Waals surface area contributed by atoms with E-state index in [0.29, 0.717) is 75.1 Å². The van der Waals surface area contributed by atoms with Gasteiger partial charge in [-0.1, -0.05) is 71.7 Å². The molecule has 4 heterocycles. The molecule has 0 aliphatic heterocycles. The number of carbonyl (C=O) groups is 4. The first-order valence-corrected chi connectivity index (χ1v) is 24.0. The average molecular weight is 1010 g/mol. The van der Waals surface area contributed by atoms with Gasteiger partial charge >= 0.3 is 23.9 Å². The van der Waals surface area contributed by atoms with Gasteiger partial charge in [-0.3, -0.25) is 0 Å². The summed E-state index contributed by atoms with van der Waals surface area (Å²) >= 11 is 9.26. The molecule has 0 radical (unpaired) electrons. The number of aromatic nitrogens is 4. The van der Waals surface area contributed by atoms with Crippen LogP contribution in [-0.2, 0) is 35.7 Å². The molecule has 8 N–H and O–H groups in total. The van der Waals surface area contributed by atoms with E-state index >= 15 is 0 Å². The number of ether oxygens (including phenoxy) is 2. The molecule has 0 bridgehead atoms. The number of unbranched alkanes of at least 4 members (excludes halogenated alkanes) is 1. The number of pyridine rings is 4. The van der Waals surface area contributed by atoms with E-state index in [1.54, 1.807) is 48.5 Å². The number of aromatic carboxylic acids is 2. The van der Waals surface area contributed by atoms with E-state index in [1.165, 1.54) is 39.2 Å². The van der Waals surface area contributed by atoms with E-state index in [0.717, 1.165) is 55.4 Å². The summed E-state index contributed by atoms with van der Waals surface area (Å²) in [7, 11) is 2.66. The Hall–Kier alpha value is -6.19. The maximum atomic E-state index is 11.5. The number of methoxy groups -OCH3 is 2. The number of nitrogens with one attached hydrogen (secondary N) is 6. The summed E-state index contributed by atoms with van der Waals surface area (Å²) in [6, 6.07) is 20.2. The molecular weight excluding hydrogens is 935 g/mol. The van der Waals surface area contributed by atoms with E-state index in [4.69, 9.17) is 22.4 Å². The fraction of sp³-hybridized carbons (Fsp3) is 0.469. The summed E-state index contributed by atoms with van der Waals surface area (Å²) in [6.07, 6.45) is 5.94. The van der Waals surface area contributed by atoms with Crippen molar-refractivity contribution in [1.29, 1.82) is 0 Å². The number of isothiocyanates is 1. The van der Waals surface area contributed by atoms with Crippen molar-refractivity contribution >= 4 is 58.6 Å². The summed E-state index contributed by atoms with van der Waals surface area (Å²) in [5.74, 6) is -2.99. The molecule has 21 heteroatoms. The number of esters is 2. The van der Waals surface area contributed by atoms with Crippen molar-refractivity contribution in [3.05, 3.63) is 118 Å². The fourth-order valence-electron chi connectivity index (χ4n) is 4.90. The Morgan fingerprint density at radius 3 is 1.07 bits per heavy atom. The second-order valence-corrected chi connectivity index (χ2v) is 15.1. The summed E-state index contributed by atoms with van der Waals surface area (Å²) < 4.78 is 9.31. The Bertz CT molecular complexity index is 2010. The summed E-state index contributed by atoms with van der Waals surface area (Å²) in [6.45, 7) is 18.2. The highest BCUT2D eigenvalue weighted by Crippen LogP contribution is 2.03. The number of thiocarbonyl (C=S) groups is 2. The van der Waals surface area contributed by atoms with Gasteiger partial charge in [0.1, 0.15) is 22.8 Å². The number of hydrogen-bond donors (Lipinski definition) is 8. The van der Waals surface area contributed by atoms with Crippen LogP contribution in [-0.4, -0.2) is 124 Å². The van der Waals surface area contributed by atoms with Crippen LogP contribution in [0.3, 0.4) is 0 Å². The van der Waals surface area contributed by atoms with Crippen LogP contribution in [0, 0.1) is 0 Å². The van der Waals surface area contributed by atoms with Gasteiger partial charge in [0.15, 0.2) is 5.11 Å². The number of aliphatic imine (C=N–C) groups is 1. The summed E-state index contributed by atoms with van der Waals surface area (Å²) in [4.78, 5) is 64.7. The number of carbonyl (C=O) groups excluding carboxylic acids is 2. The lowest BCUT2D eigenvalue weighted by molar-refractivity contribution is 0.0585. The maximum Gasteiger partial charge on any atom is 0.356 e. The van der Waals surface area contributed by atoms with Crippen molar-refractivity contribution in [2.75, 3.05) is 60.0 Å². The molecule has 0 aliphatic carbocycles. The first kappa shape index (κ1) is 63.8. The molecule has 0 aromatic carbocycles. The van der Waals surface area contributed by atoms with E-state index in [1.807, 2.05) is 12.1 Å². The lowest BCUT2D eigenvalue weighted by Crippen LogP contribution is -2.35. The van der Waals surface area contributed by atoms with Crippen LogP contribution in [0.15, 0.2) is 77.8 Å². The standard InChI is InChI=1S/C18H22N4O4.C16H18N4O4.C7H16N2S.C4H7NS.C4H10/c1-25-17(23)15-7-3-5-13(21-15)11-19-9-10-20-12-14-6-4-8-16(22-14)18(24)26-2;21-15(22)13-5-1-3-11(19-13)9-17-7-8-18-10-12-4-2-6-14(20-12)16(23)24;1-3-5-8-7(10)9-6-4-2;1-2-3-5-4-6;1-3-4-2/h3-8,19-20H,9-12H2,1-2H3;1-6,17-18H,7-10H2,(H,21,22)(H,23,24);3-6H2,1-2H3,(H2,8,9,10);2-3H2,1H3;3-4H2,1-2H3. The molecule has 19 nitrogen and oxygen atoms in total. The third-order valence-electron chi connectivity index (χ3n) is 8.61. The van der Waals surface area contributed by atoms with E-state index in [2.05, 4.69) is 118 Å². The SMILES string of the molecule is CCCC.CCCN=C=S.CCCNC(=S)NCCC.COC(=O)c1cccc(CNCCNCc2cccc(C(=O)OC)n2)n1.O=C(O)c1cccc(CNCCNCc2cccc(C(=O)O)n2)n1. The second-order valence-electron chi connectivity index (χ2n) is 14.5. The Balaban J connectivity index is 0.000000987. The van der Waals surface area contributed by atoms with Crippen molar-refractivity contribution in [3.63, 3.8) is 0 Å². The van der Waals surface area contributed by atoms with Crippen LogP contribution in [0.2, 0.25) is 0 Å². The number of hydrogen-bond acceptors (Lipinski definition) is 17. The molecule has 384 valence electrons. The molecule has 70 heavy (non-hydrogen) atoms. The highest BCUT2D eigenvalue weighted by molar-refractivity contribution is 7.80. The smallest absolute Gasteiger partial charge is 0.356 e. The lowest BCUT2D eigenvalue weighted by atomic mass is 10.3. The van der Waals surface area contributed by atoms with Crippen molar-refractivity contribution < 1.29 is 38.9 Å². The van der Waals surface area contributed by atoms with Gasteiger partial charge in [0, 0.05) is 72.0 Å². The minimum Gasteiger partial charge on any atom is -0.477 e. The van der Waals surface area contributed by atoms with Crippen molar-refractivity contribution in [1.82, 2.24) is 51.8 Å². The van der Waals surface area contributed by atoms with Crippen molar-refractivity contribution in [3.8, 4) is 0 Å². The fourth-order valence-corrected chi connectivity index (χ4v) is 5.20. The third kappa shape index (κ3) is 32.5. The van der Waals surface area contributed by atoms with Crippen LogP contribution in [0.4, 0.5) is 0 Å². The molecule has 0 aliphatic rings. The second kappa shape index (κ2) is 42.9. The van der Waals surface area contributed by atoms with Crippen LogP contribution in [0.5, 0.6) is 0 Å². The first-order chi connectivity index (χ1) is 33.8. The number of nitrogens with zero attached hydrogens (tertiary/aromatic N) is 5. The van der Waals surface area contributed by atoms with Crippen LogP contribution < -0.4 is 31.9 Å². The minimum atomic E-state index is -1.05. The van der Waals surface area contributed by atoms with Crippen LogP contribution in [0.25, 0.3) is 0 Å². The third-order valence-corrected chi connectivity index (χ3v) is 9.02. The van der Waals surface area contributed by atoms with E-state index in [9.17, 15) is 19.2 Å². The van der Waals surface area contributed by atoms with Crippen LogP contribution >= 0.6 is 24.4 Å². The van der Waals surface area contributed by atoms with Gasteiger partial charge in [0.05, 0.1) is 42.2 Å². The van der Waals surface area contributed by atoms with Gasteiger partial charge in [-0.2, -0.15) is 0 Å². The zero-order chi connectivity index (χ0) is 52.2. The average Bonchev–Trinajstić information content (AvgIpc) is 3.39. The molecule has 0 amide bonds. The largest absolute Gasteiger partial charge is 0.477 e. The van der Waals surface area contributed by atoms with Gasteiger partial charge in [-0.05, 0) is 92.2 Å². The predicted molar refractivity (Wildman–Crippen MR) is 280 cm³/mol. The zero-order valence-corrected chi connectivity index (χ0v) is 43.3. The number of carboxylic acid groups (broad SMARTS) is 2. The van der Waals surface area contributed by atoms with Gasteiger partial charge in [-0.15, -0.1) is 0 Å². The Morgan fingerprint density at radius 2 is 0.829 bits per heavy atom. The van der Waals surface area contributed by atoms with E-state index < -0.39 is 23.9 Å². The lowest BCUT2D eigenvalue weighted by Gasteiger charge is -2.08. The molecule has 4 aromatic rings. The van der Waals surface area contributed by atoms with Crippen molar-refractivity contribution in [2.45, 2.75) is 92.9 Å². The van der Waals surface area contributed by atoms with Gasteiger partial charge in [-0.25, -0.2) is 44.1 Å². The molecule has 0 fully saturated rings. The van der Waals surface area contributed by atoms with Gasteiger partial charge < -0.3 is 51.6 Å². The highest BCUT2D eigenvalue weighted by Gasteiger charge is 2.09. The molecule has 4 rings (SSSR count). The summed E-state index contributed by atoms with van der Waals surface area (Å²) in [5, 5.41) is 39.8. The molecule has 4 aromatic heterocycles. The molecular formula is C49H73N11O8S2. The van der Waals surface area contributed by atoms with Crippen LogP contribution in [0.1, 0.15) is 131 Å². The summed E-state index contributed by atoms with van der Waals surface area (Å²) in [5.41, 5.74) is 3.48. The maximum absolute atomic E-state index is 11.5. The highest BCUT2D eigenvalue weighted by atomic mass is 32.1. The van der Waals surface area contributed by atoms with Gasteiger partial charge in [0.2, 0.25) is 0 Å². The number of rotatable bonds is 25. The zero-order valence-electron chi connectivity index (χ0n) is 41.6. The van der Waals surface area contributed by atoms with Crippen molar-refractivity contribution in [2.24, 2.45) is 4.99 Å². The molecule has 0 unspecified atom stereocenters. The molecule has 0 saturated carbocycles. The minimum absolute atomic E-state index is 0.0248. The molecule has 0 spiro atoms. The Kier molecular flexibility index (Phi) is 39.1. The Morgan fingerprint density at radius 1 is 0.514 bits per heavy atom. The number of carboxylic acids is 2. The molecule has 0 atom stereocenters. The van der Waals surface area contributed by atoms with Gasteiger partial charge in [0.25, 0.3) is 0 Å². The Labute approximate surface area is 423 Å². The monoisotopic (exact) mass is 1010 g/mol. The van der Waals surface area contributed by atoms with E-state index in [-0.39, 0.29) is 11.4 Å². The predicted octanol–water partition coefficient (Wildman–Crippen LogP) is 6.26. The quantitative estimate of drug-likeness (QED) is 0.0158. The topological polar surface area (TPSA) is 263 Å². The first-order valence-electron chi connectivity index (χ1n) is 23.2. The molecule has 0 saturated heterocycles. The normalized spacial score (nSPS) is 9.76.